The first-order valence-corrected chi connectivity index (χ1v) is 9.87. The minimum absolute atomic E-state index is 0.502. The Morgan fingerprint density at radius 1 is 0.923 bits per heavy atom. The largest absolute Gasteiger partial charge is 0.487 e. The Bertz CT molecular complexity index is 849. The fourth-order valence-corrected chi connectivity index (χ4v) is 4.12. The summed E-state index contributed by atoms with van der Waals surface area (Å²) in [5, 5.41) is 1.16. The predicted molar refractivity (Wildman–Crippen MR) is 108 cm³/mol. The van der Waals surface area contributed by atoms with Gasteiger partial charge >= 0.3 is 0 Å². The summed E-state index contributed by atoms with van der Waals surface area (Å²) in [6.45, 7) is 2.88. The van der Waals surface area contributed by atoms with Gasteiger partial charge in [0.15, 0.2) is 0 Å². The molecule has 1 aliphatic rings. The average Bonchev–Trinajstić information content (AvgIpc) is 2.72. The van der Waals surface area contributed by atoms with Crippen LogP contribution >= 0.6 is 0 Å². The molecule has 3 aromatic rings. The molecule has 2 nitrogen and oxygen atoms in total. The first kappa shape index (κ1) is 17.1. The summed E-state index contributed by atoms with van der Waals surface area (Å²) in [4.78, 5) is 4.67. The molecular weight excluding hydrogens is 318 g/mol. The molecule has 0 amide bonds. The Morgan fingerprint density at radius 3 is 2.50 bits per heavy atom. The molecule has 0 radical (unpaired) electrons. The van der Waals surface area contributed by atoms with Crippen LogP contribution in [-0.4, -0.2) is 4.98 Å². The molecule has 1 unspecified atom stereocenters. The van der Waals surface area contributed by atoms with Crippen molar-refractivity contribution in [2.24, 2.45) is 5.92 Å². The molecule has 1 fully saturated rings. The second-order valence-corrected chi connectivity index (χ2v) is 7.54. The maximum atomic E-state index is 5.96. The third-order valence-electron chi connectivity index (χ3n) is 5.81. The van der Waals surface area contributed by atoms with Crippen LogP contribution in [0, 0.1) is 5.92 Å². The average molecular weight is 345 g/mol. The van der Waals surface area contributed by atoms with E-state index in [1.807, 2.05) is 24.3 Å². The quantitative estimate of drug-likeness (QED) is 0.527. The molecule has 1 saturated carbocycles. The van der Waals surface area contributed by atoms with Gasteiger partial charge in [-0.1, -0.05) is 62.6 Å². The van der Waals surface area contributed by atoms with Crippen molar-refractivity contribution in [3.63, 3.8) is 0 Å². The number of hydrogen-bond donors (Lipinski definition) is 0. The fraction of sp³-hybridized carbons (Fsp3) is 0.375. The number of pyridine rings is 1. The van der Waals surface area contributed by atoms with Crippen LogP contribution in [-0.2, 0) is 6.61 Å². The zero-order valence-corrected chi connectivity index (χ0v) is 15.5. The molecule has 0 aliphatic heterocycles. The van der Waals surface area contributed by atoms with Gasteiger partial charge in [-0.3, -0.25) is 0 Å². The van der Waals surface area contributed by atoms with E-state index < -0.39 is 0 Å². The van der Waals surface area contributed by atoms with Crippen molar-refractivity contribution in [3.05, 3.63) is 71.9 Å². The molecule has 4 rings (SSSR count). The zero-order valence-electron chi connectivity index (χ0n) is 15.5. The summed E-state index contributed by atoms with van der Waals surface area (Å²) in [5.41, 5.74) is 3.42. The van der Waals surface area contributed by atoms with Crippen molar-refractivity contribution in [1.29, 1.82) is 0 Å². The highest BCUT2D eigenvalue weighted by molar-refractivity contribution is 5.78. The monoisotopic (exact) mass is 345 g/mol. The topological polar surface area (TPSA) is 22.1 Å². The fourth-order valence-electron chi connectivity index (χ4n) is 4.12. The lowest BCUT2D eigenvalue weighted by Gasteiger charge is -2.28. The van der Waals surface area contributed by atoms with Crippen molar-refractivity contribution in [2.75, 3.05) is 0 Å². The van der Waals surface area contributed by atoms with E-state index >= 15 is 0 Å². The van der Waals surface area contributed by atoms with E-state index in [4.69, 9.17) is 4.74 Å². The summed E-state index contributed by atoms with van der Waals surface area (Å²) in [6, 6.07) is 21.0. The highest BCUT2D eigenvalue weighted by Gasteiger charge is 2.21. The van der Waals surface area contributed by atoms with Crippen LogP contribution in [0.15, 0.2) is 60.7 Å². The molecule has 1 aliphatic carbocycles. The number of benzene rings is 2. The van der Waals surface area contributed by atoms with Crippen LogP contribution in [0.5, 0.6) is 5.75 Å². The van der Waals surface area contributed by atoms with Gasteiger partial charge in [0.25, 0.3) is 0 Å². The van der Waals surface area contributed by atoms with Crippen molar-refractivity contribution < 1.29 is 4.74 Å². The number of fused-ring (bicyclic) bond motifs is 1. The van der Waals surface area contributed by atoms with Gasteiger partial charge in [-0.25, -0.2) is 4.98 Å². The van der Waals surface area contributed by atoms with Crippen LogP contribution in [0.3, 0.4) is 0 Å². The molecule has 2 heteroatoms. The van der Waals surface area contributed by atoms with Crippen LogP contribution in [0.1, 0.15) is 56.2 Å². The number of nitrogens with zero attached hydrogens (tertiary/aromatic N) is 1. The van der Waals surface area contributed by atoms with Gasteiger partial charge in [-0.15, -0.1) is 0 Å². The summed E-state index contributed by atoms with van der Waals surface area (Å²) in [5.74, 6) is 2.41. The van der Waals surface area contributed by atoms with Crippen molar-refractivity contribution in [1.82, 2.24) is 4.98 Å². The van der Waals surface area contributed by atoms with E-state index in [9.17, 15) is 0 Å². The Hall–Kier alpha value is -2.35. The Kier molecular flexibility index (Phi) is 5.19. The normalized spacial score (nSPS) is 16.5. The lowest BCUT2D eigenvalue weighted by Crippen LogP contribution is -2.13. The molecule has 1 atom stereocenters. The van der Waals surface area contributed by atoms with Gasteiger partial charge < -0.3 is 4.74 Å². The summed E-state index contributed by atoms with van der Waals surface area (Å²) < 4.78 is 5.96. The van der Waals surface area contributed by atoms with E-state index in [2.05, 4.69) is 48.3 Å². The number of para-hydroxylation sites is 1. The third-order valence-corrected chi connectivity index (χ3v) is 5.81. The molecule has 1 aromatic heterocycles. The van der Waals surface area contributed by atoms with Crippen LogP contribution < -0.4 is 4.74 Å². The molecule has 134 valence electrons. The van der Waals surface area contributed by atoms with Gasteiger partial charge in [0.1, 0.15) is 12.4 Å². The van der Waals surface area contributed by atoms with E-state index in [-0.39, 0.29) is 0 Å². The second-order valence-electron chi connectivity index (χ2n) is 7.54. The van der Waals surface area contributed by atoms with Crippen LogP contribution in [0.2, 0.25) is 0 Å². The van der Waals surface area contributed by atoms with Crippen molar-refractivity contribution in [3.8, 4) is 5.75 Å². The van der Waals surface area contributed by atoms with Gasteiger partial charge in [0.2, 0.25) is 0 Å². The predicted octanol–water partition coefficient (Wildman–Crippen LogP) is 6.50. The lowest BCUT2D eigenvalue weighted by atomic mass is 9.78. The molecule has 0 spiro atoms. The van der Waals surface area contributed by atoms with Gasteiger partial charge in [-0.2, -0.15) is 0 Å². The summed E-state index contributed by atoms with van der Waals surface area (Å²) in [6.07, 6.45) is 6.98. The molecule has 26 heavy (non-hydrogen) atoms. The van der Waals surface area contributed by atoms with Crippen molar-refractivity contribution in [2.45, 2.75) is 51.6 Å². The number of rotatable bonds is 5. The summed E-state index contributed by atoms with van der Waals surface area (Å²) in [7, 11) is 0. The van der Waals surface area contributed by atoms with E-state index in [0.29, 0.717) is 12.5 Å². The third kappa shape index (κ3) is 3.90. The number of hydrogen-bond acceptors (Lipinski definition) is 2. The second kappa shape index (κ2) is 7.90. The Labute approximate surface area is 156 Å². The maximum absolute atomic E-state index is 5.96. The molecule has 0 saturated heterocycles. The molecular formula is C24H27NO. The summed E-state index contributed by atoms with van der Waals surface area (Å²) >= 11 is 0. The Balaban J connectivity index is 1.38. The van der Waals surface area contributed by atoms with E-state index in [1.54, 1.807) is 0 Å². The van der Waals surface area contributed by atoms with Crippen LogP contribution in [0.25, 0.3) is 10.9 Å². The molecule has 2 aromatic carbocycles. The molecule has 1 heterocycles. The minimum Gasteiger partial charge on any atom is -0.487 e. The van der Waals surface area contributed by atoms with Gasteiger partial charge in [0.05, 0.1) is 11.2 Å². The maximum Gasteiger partial charge on any atom is 0.130 e. The number of aromatic nitrogens is 1. The highest BCUT2D eigenvalue weighted by atomic mass is 16.5. The highest BCUT2D eigenvalue weighted by Crippen LogP contribution is 2.36. The number of ether oxygens (including phenoxy) is 1. The smallest absolute Gasteiger partial charge is 0.130 e. The van der Waals surface area contributed by atoms with Gasteiger partial charge in [0, 0.05) is 5.39 Å². The zero-order chi connectivity index (χ0) is 17.8. The van der Waals surface area contributed by atoms with Crippen LogP contribution in [0.4, 0.5) is 0 Å². The minimum atomic E-state index is 0.502. The van der Waals surface area contributed by atoms with Gasteiger partial charge in [-0.05, 0) is 54.5 Å². The first-order chi connectivity index (χ1) is 12.8. The van der Waals surface area contributed by atoms with Crippen molar-refractivity contribution >= 4 is 10.9 Å². The van der Waals surface area contributed by atoms with E-state index in [1.165, 1.54) is 37.7 Å². The Morgan fingerprint density at radius 2 is 1.69 bits per heavy atom. The SMILES string of the molecule is CC(c1ccc(OCc2ccc3ccccc3n2)cc1)C1CCCCC1. The van der Waals surface area contributed by atoms with E-state index in [0.717, 1.165) is 28.3 Å². The standard InChI is InChI=1S/C24H27NO/c1-18(19-7-3-2-4-8-19)20-12-15-23(16-13-20)26-17-22-14-11-21-9-5-6-10-24(21)25-22/h5-6,9-16,18-19H,2-4,7-8,17H2,1H3. The molecule has 0 N–H and O–H groups in total. The lowest BCUT2D eigenvalue weighted by molar-refractivity contribution is 0.300. The first-order valence-electron chi connectivity index (χ1n) is 9.87. The molecule has 0 bridgehead atoms.